The molecule has 2 aliphatic carbocycles. The van der Waals surface area contributed by atoms with E-state index in [1.54, 1.807) is 19.5 Å². The van der Waals surface area contributed by atoms with Crippen LogP contribution in [0.5, 0.6) is 11.5 Å². The van der Waals surface area contributed by atoms with Gasteiger partial charge in [0.25, 0.3) is 0 Å². The van der Waals surface area contributed by atoms with Crippen LogP contribution in [0.15, 0.2) is 42.5 Å². The van der Waals surface area contributed by atoms with Gasteiger partial charge in [-0.25, -0.2) is 4.57 Å². The van der Waals surface area contributed by atoms with E-state index in [2.05, 4.69) is 36.4 Å². The molecule has 40 heavy (non-hydrogen) atoms. The molecule has 2 fully saturated rings. The molecule has 0 unspecified atom stereocenters. The predicted octanol–water partition coefficient (Wildman–Crippen LogP) is 4.63. The van der Waals surface area contributed by atoms with Crippen molar-refractivity contribution in [2.24, 2.45) is 0 Å². The number of rotatable bonds is 6. The van der Waals surface area contributed by atoms with Crippen molar-refractivity contribution in [1.29, 1.82) is 0 Å². The molecule has 2 aliphatic rings. The molecule has 6 nitrogen and oxygen atoms in total. The van der Waals surface area contributed by atoms with Gasteiger partial charge in [-0.3, -0.25) is 0 Å². The van der Waals surface area contributed by atoms with Crippen molar-refractivity contribution in [1.82, 2.24) is 0 Å². The third-order valence-corrected chi connectivity index (χ3v) is 10.4. The monoisotopic (exact) mass is 635 g/mol. The fourth-order valence-electron chi connectivity index (χ4n) is 5.44. The number of methoxy groups -OCH3 is 2. The first-order chi connectivity index (χ1) is 18.3. The molecule has 2 aromatic carbocycles. The summed E-state index contributed by atoms with van der Waals surface area (Å²) in [5.41, 5.74) is 4.23. The van der Waals surface area contributed by atoms with Gasteiger partial charge in [0.2, 0.25) is 0 Å². The van der Waals surface area contributed by atoms with Gasteiger partial charge in [-0.05, 0) is 60.0 Å². The summed E-state index contributed by atoms with van der Waals surface area (Å²) < 4.78 is 59.5. The fraction of sp³-hybridized carbons (Fsp3) is 0.538. The SMILES string of the molecule is COc1cccc(OC)c1-c1ccccc1P(C1CCCCC1)C1CCCCC1.F[B-](F)(F)F.O=P(O)(O)O.[H-].[K+]. The van der Waals surface area contributed by atoms with Crippen LogP contribution in [-0.4, -0.2) is 47.5 Å². The molecule has 0 amide bonds. The van der Waals surface area contributed by atoms with Crippen molar-refractivity contribution in [3.63, 3.8) is 0 Å². The van der Waals surface area contributed by atoms with E-state index in [0.717, 1.165) is 28.4 Å². The minimum Gasteiger partial charge on any atom is -1.00 e. The molecular weight excluding hydrogens is 596 g/mol. The van der Waals surface area contributed by atoms with Gasteiger partial charge in [-0.1, -0.05) is 76.8 Å². The van der Waals surface area contributed by atoms with Gasteiger partial charge in [-0.15, -0.1) is 0 Å². The van der Waals surface area contributed by atoms with Gasteiger partial charge in [0.1, 0.15) is 11.5 Å². The molecule has 222 valence electrons. The van der Waals surface area contributed by atoms with Gasteiger partial charge < -0.3 is 42.8 Å². The van der Waals surface area contributed by atoms with E-state index in [0.29, 0.717) is 0 Å². The van der Waals surface area contributed by atoms with E-state index < -0.39 is 15.1 Å². The van der Waals surface area contributed by atoms with E-state index >= 15 is 0 Å². The molecule has 14 heteroatoms. The van der Waals surface area contributed by atoms with E-state index in [9.17, 15) is 17.3 Å². The summed E-state index contributed by atoms with van der Waals surface area (Å²) in [6.45, 7) is 0. The smallest absolute Gasteiger partial charge is 1.00 e. The van der Waals surface area contributed by atoms with Gasteiger partial charge in [0.05, 0.1) is 19.8 Å². The summed E-state index contributed by atoms with van der Waals surface area (Å²) in [5, 5.41) is 1.59. The molecule has 0 aliphatic heterocycles. The van der Waals surface area contributed by atoms with Crippen LogP contribution in [0.3, 0.4) is 0 Å². The summed E-state index contributed by atoms with van der Waals surface area (Å²) in [5.74, 6) is 1.83. The van der Waals surface area contributed by atoms with Gasteiger partial charge >= 0.3 is 66.5 Å². The zero-order chi connectivity index (χ0) is 29.1. The Labute approximate surface area is 279 Å². The number of halogens is 4. The zero-order valence-corrected chi connectivity index (χ0v) is 28.2. The summed E-state index contributed by atoms with van der Waals surface area (Å²) in [6.07, 6.45) is 14.2. The largest absolute Gasteiger partial charge is 1.00 e. The topological polar surface area (TPSA) is 96.2 Å². The molecule has 4 rings (SSSR count). The zero-order valence-electron chi connectivity index (χ0n) is 24.3. The van der Waals surface area contributed by atoms with Crippen LogP contribution in [0.1, 0.15) is 65.6 Å². The summed E-state index contributed by atoms with van der Waals surface area (Å²) >= 11 is 0. The minimum absolute atomic E-state index is 0. The molecule has 0 atom stereocenters. The molecule has 0 spiro atoms. The van der Waals surface area contributed by atoms with Gasteiger partial charge in [-0.2, -0.15) is 0 Å². The summed E-state index contributed by atoms with van der Waals surface area (Å²) in [6, 6.07) is 15.3. The van der Waals surface area contributed by atoms with Crippen molar-refractivity contribution in [3.8, 4) is 22.6 Å². The molecule has 0 bridgehead atoms. The van der Waals surface area contributed by atoms with Gasteiger partial charge in [0.15, 0.2) is 0 Å². The van der Waals surface area contributed by atoms with Crippen LogP contribution in [0.2, 0.25) is 0 Å². The number of ether oxygens (including phenoxy) is 2. The Morgan fingerprint density at radius 1 is 0.775 bits per heavy atom. The normalized spacial score (nSPS) is 16.6. The van der Waals surface area contributed by atoms with Crippen LogP contribution < -0.4 is 66.2 Å². The van der Waals surface area contributed by atoms with Crippen molar-refractivity contribution in [2.45, 2.75) is 75.5 Å². The van der Waals surface area contributed by atoms with E-state index in [1.807, 2.05) is 6.07 Å². The predicted molar refractivity (Wildman–Crippen MR) is 151 cm³/mol. The second-order valence-corrected chi connectivity index (χ2v) is 13.3. The Morgan fingerprint density at radius 3 is 1.52 bits per heavy atom. The second kappa shape index (κ2) is 18.6. The molecule has 2 aromatic rings. The Morgan fingerprint density at radius 2 is 1.15 bits per heavy atom. The Bertz CT molecular complexity index is 1020. The third-order valence-electron chi connectivity index (χ3n) is 6.82. The van der Waals surface area contributed by atoms with Crippen molar-refractivity contribution in [2.75, 3.05) is 14.2 Å². The molecule has 0 heterocycles. The van der Waals surface area contributed by atoms with Gasteiger partial charge in [0, 0.05) is 0 Å². The van der Waals surface area contributed by atoms with E-state index in [1.165, 1.54) is 69.8 Å². The average molecular weight is 635 g/mol. The van der Waals surface area contributed by atoms with Crippen LogP contribution in [0.4, 0.5) is 17.3 Å². The second-order valence-electron chi connectivity index (χ2n) is 9.55. The molecule has 0 saturated heterocycles. The van der Waals surface area contributed by atoms with Crippen molar-refractivity contribution >= 4 is 28.3 Å². The Balaban J connectivity index is 0.00000116. The summed E-state index contributed by atoms with van der Waals surface area (Å²) in [4.78, 5) is 21.6. The maximum Gasteiger partial charge on any atom is 1.00 e. The van der Waals surface area contributed by atoms with Crippen LogP contribution in [0.25, 0.3) is 11.1 Å². The van der Waals surface area contributed by atoms with Crippen molar-refractivity contribution < 1.29 is 98.8 Å². The number of hydrogen-bond donors (Lipinski definition) is 3. The first kappa shape index (κ1) is 38.0. The molecule has 0 aromatic heterocycles. The standard InChI is InChI=1S/C26H35O2P.BF4.K.H3O4P.H/c1-27-23-17-11-18-24(28-2)26(23)22-16-9-10-19-25(22)29(20-12-5-3-6-13-20)21-14-7-4-8-15-21;2-1(3,4)5;;1-5(2,3)4;/h9-11,16-21H,3-8,12-15H2,1-2H3;;;(H3,1,2,3,4);/q;-1;+1;;-1. The van der Waals surface area contributed by atoms with Crippen LogP contribution in [0, 0.1) is 0 Å². The third kappa shape index (κ3) is 14.0. The van der Waals surface area contributed by atoms with Crippen LogP contribution >= 0.6 is 15.7 Å². The first-order valence-electron chi connectivity index (χ1n) is 13.1. The molecule has 0 radical (unpaired) electrons. The van der Waals surface area contributed by atoms with Crippen molar-refractivity contribution in [3.05, 3.63) is 42.5 Å². The average Bonchev–Trinajstić information content (AvgIpc) is 2.88. The fourth-order valence-corrected chi connectivity index (χ4v) is 9.39. The number of phosphoric acid groups is 1. The molecular formula is C26H39BF4KO6P2-. The summed E-state index contributed by atoms with van der Waals surface area (Å²) in [7, 11) is -7.28. The Hall–Kier alpha value is 0.00130. The maximum atomic E-state index is 9.75. The molecule has 3 N–H and O–H groups in total. The maximum absolute atomic E-state index is 9.75. The van der Waals surface area contributed by atoms with E-state index in [4.69, 9.17) is 28.7 Å². The number of benzene rings is 2. The first-order valence-corrected chi connectivity index (χ1v) is 16.1. The minimum atomic E-state index is -6.00. The van der Waals surface area contributed by atoms with E-state index in [-0.39, 0.29) is 60.7 Å². The quantitative estimate of drug-likeness (QED) is 0.244. The Kier molecular flexibility index (Phi) is 17.7. The number of hydrogen-bond acceptors (Lipinski definition) is 3. The molecule has 2 saturated carbocycles. The van der Waals surface area contributed by atoms with Crippen LogP contribution in [-0.2, 0) is 4.57 Å².